The molecule has 3 atom stereocenters. The lowest BCUT2D eigenvalue weighted by molar-refractivity contribution is 0.0410. The van der Waals surface area contributed by atoms with E-state index in [0.29, 0.717) is 12.6 Å². The van der Waals surface area contributed by atoms with Gasteiger partial charge in [-0.3, -0.25) is 4.90 Å². The van der Waals surface area contributed by atoms with Crippen molar-refractivity contribution >= 4 is 10.0 Å². The topological polar surface area (TPSA) is 40.6 Å². The van der Waals surface area contributed by atoms with Crippen molar-refractivity contribution in [2.24, 2.45) is 0 Å². The first kappa shape index (κ1) is 21.2. The monoisotopic (exact) mass is 372 g/mol. The van der Waals surface area contributed by atoms with Gasteiger partial charge in [-0.25, -0.2) is 8.42 Å². The molecule has 2 aliphatic heterocycles. The largest absolute Gasteiger partial charge is 0.292 e. The zero-order valence-electron chi connectivity index (χ0n) is 17.0. The molecule has 25 heavy (non-hydrogen) atoms. The van der Waals surface area contributed by atoms with Crippen LogP contribution in [-0.4, -0.2) is 54.6 Å². The summed E-state index contributed by atoms with van der Waals surface area (Å²) < 4.78 is 25.7. The molecule has 0 aliphatic carbocycles. The van der Waals surface area contributed by atoms with E-state index < -0.39 is 10.0 Å². The van der Waals surface area contributed by atoms with E-state index in [1.807, 2.05) is 0 Å². The third kappa shape index (κ3) is 5.43. The Labute approximate surface area is 156 Å². The SMILES string of the molecule is CCCCCCCC(C)(CCCCC)N1C[C@@H]2C[C@H]1CN2S(C)(=O)=O. The van der Waals surface area contributed by atoms with Crippen molar-refractivity contribution in [1.82, 2.24) is 9.21 Å². The summed E-state index contributed by atoms with van der Waals surface area (Å²) in [5, 5.41) is 0. The van der Waals surface area contributed by atoms with Crippen molar-refractivity contribution in [3.05, 3.63) is 0 Å². The fourth-order valence-electron chi connectivity index (χ4n) is 4.98. The van der Waals surface area contributed by atoms with Crippen LogP contribution in [0.15, 0.2) is 0 Å². The third-order valence-electron chi connectivity index (χ3n) is 6.45. The first-order valence-electron chi connectivity index (χ1n) is 10.6. The van der Waals surface area contributed by atoms with Crippen LogP contribution >= 0.6 is 0 Å². The number of hydrogen-bond acceptors (Lipinski definition) is 3. The summed E-state index contributed by atoms with van der Waals surface area (Å²) in [7, 11) is -3.04. The van der Waals surface area contributed by atoms with Crippen LogP contribution in [0.25, 0.3) is 0 Å². The number of rotatable bonds is 12. The van der Waals surface area contributed by atoms with Gasteiger partial charge < -0.3 is 0 Å². The molecule has 2 saturated heterocycles. The van der Waals surface area contributed by atoms with Crippen molar-refractivity contribution in [2.45, 2.75) is 109 Å². The highest BCUT2D eigenvalue weighted by Gasteiger charge is 2.51. The molecule has 2 rings (SSSR count). The molecule has 0 radical (unpaired) electrons. The van der Waals surface area contributed by atoms with Crippen molar-refractivity contribution in [2.75, 3.05) is 19.3 Å². The van der Waals surface area contributed by atoms with Crippen molar-refractivity contribution in [1.29, 1.82) is 0 Å². The Morgan fingerprint density at radius 3 is 1.96 bits per heavy atom. The highest BCUT2D eigenvalue weighted by atomic mass is 32.2. The molecule has 4 nitrogen and oxygen atoms in total. The number of unbranched alkanes of at least 4 members (excludes halogenated alkanes) is 6. The summed E-state index contributed by atoms with van der Waals surface area (Å²) in [5.74, 6) is 0. The minimum Gasteiger partial charge on any atom is -0.292 e. The molecule has 0 saturated carbocycles. The van der Waals surface area contributed by atoms with Gasteiger partial charge >= 0.3 is 0 Å². The van der Waals surface area contributed by atoms with Crippen molar-refractivity contribution < 1.29 is 8.42 Å². The highest BCUT2D eigenvalue weighted by Crippen LogP contribution is 2.41. The normalized spacial score (nSPS) is 27.0. The molecule has 2 fully saturated rings. The number of fused-ring (bicyclic) bond motifs is 2. The summed E-state index contributed by atoms with van der Waals surface area (Å²) >= 11 is 0. The van der Waals surface area contributed by atoms with Gasteiger partial charge in [-0.15, -0.1) is 0 Å². The Bertz CT molecular complexity index is 508. The van der Waals surface area contributed by atoms with E-state index in [9.17, 15) is 8.42 Å². The molecule has 0 spiro atoms. The Hall–Kier alpha value is -0.130. The molecule has 0 aromatic carbocycles. The zero-order chi connectivity index (χ0) is 18.5. The highest BCUT2D eigenvalue weighted by molar-refractivity contribution is 7.88. The van der Waals surface area contributed by atoms with Crippen LogP contribution in [0, 0.1) is 0 Å². The van der Waals surface area contributed by atoms with Crippen LogP contribution in [0.1, 0.15) is 91.4 Å². The lowest BCUT2D eigenvalue weighted by atomic mass is 9.85. The smallest absolute Gasteiger partial charge is 0.211 e. The quantitative estimate of drug-likeness (QED) is 0.477. The van der Waals surface area contributed by atoms with Gasteiger partial charge in [0.15, 0.2) is 0 Å². The van der Waals surface area contributed by atoms with Crippen molar-refractivity contribution in [3.63, 3.8) is 0 Å². The van der Waals surface area contributed by atoms with Gasteiger partial charge in [0.1, 0.15) is 0 Å². The predicted molar refractivity (Wildman–Crippen MR) is 106 cm³/mol. The summed E-state index contributed by atoms with van der Waals surface area (Å²) in [6.45, 7) is 8.64. The lowest BCUT2D eigenvalue weighted by Gasteiger charge is -2.46. The van der Waals surface area contributed by atoms with Crippen LogP contribution < -0.4 is 0 Å². The molecule has 148 valence electrons. The number of sulfonamides is 1. The average molecular weight is 373 g/mol. The van der Waals surface area contributed by atoms with Gasteiger partial charge in [0.05, 0.1) is 6.26 Å². The number of hydrogen-bond donors (Lipinski definition) is 0. The van der Waals surface area contributed by atoms with Gasteiger partial charge in [0.25, 0.3) is 0 Å². The lowest BCUT2D eigenvalue weighted by Crippen LogP contribution is -2.56. The maximum absolute atomic E-state index is 12.0. The first-order valence-corrected chi connectivity index (χ1v) is 12.4. The molecule has 2 bridgehead atoms. The first-order chi connectivity index (χ1) is 11.8. The van der Waals surface area contributed by atoms with Gasteiger partial charge in [-0.2, -0.15) is 4.31 Å². The zero-order valence-corrected chi connectivity index (χ0v) is 17.8. The van der Waals surface area contributed by atoms with Crippen LogP contribution in [-0.2, 0) is 10.0 Å². The second-order valence-corrected chi connectivity index (χ2v) is 10.6. The standard InChI is InChI=1S/C20H40N2O2S/c1-5-7-9-10-12-14-20(3,13-11-8-6-2)21-16-19-15-18(21)17-22(19)25(4,23)24/h18-19H,5-17H2,1-4H3/t18-,19-,20?/m0/s1. The Kier molecular flexibility index (Phi) is 7.78. The second kappa shape index (κ2) is 9.18. The van der Waals surface area contributed by atoms with Gasteiger partial charge in [-0.1, -0.05) is 65.2 Å². The fourth-order valence-corrected chi connectivity index (χ4v) is 6.11. The van der Waals surface area contributed by atoms with Crippen LogP contribution in [0.3, 0.4) is 0 Å². The maximum atomic E-state index is 12.0. The summed E-state index contributed by atoms with van der Waals surface area (Å²) in [6, 6.07) is 0.646. The molecular formula is C20H40N2O2S. The minimum absolute atomic E-state index is 0.214. The van der Waals surface area contributed by atoms with E-state index in [-0.39, 0.29) is 11.6 Å². The summed E-state index contributed by atoms with van der Waals surface area (Å²) in [5.41, 5.74) is 0.254. The number of likely N-dealkylation sites (tertiary alicyclic amines) is 1. The fraction of sp³-hybridized carbons (Fsp3) is 1.00. The van der Waals surface area contributed by atoms with Crippen LogP contribution in [0.4, 0.5) is 0 Å². The van der Waals surface area contributed by atoms with E-state index in [0.717, 1.165) is 13.0 Å². The van der Waals surface area contributed by atoms with Gasteiger partial charge in [0.2, 0.25) is 10.0 Å². The minimum atomic E-state index is -3.04. The Morgan fingerprint density at radius 1 is 0.880 bits per heavy atom. The average Bonchev–Trinajstić information content (AvgIpc) is 3.15. The molecule has 0 amide bonds. The van der Waals surface area contributed by atoms with Crippen LogP contribution in [0.2, 0.25) is 0 Å². The molecular weight excluding hydrogens is 332 g/mol. The molecule has 0 aromatic heterocycles. The second-order valence-electron chi connectivity index (χ2n) is 8.65. The molecule has 5 heteroatoms. The molecule has 1 unspecified atom stereocenters. The third-order valence-corrected chi connectivity index (χ3v) is 7.75. The summed E-state index contributed by atoms with van der Waals surface area (Å²) in [4.78, 5) is 2.69. The van der Waals surface area contributed by atoms with Gasteiger partial charge in [0, 0.05) is 30.7 Å². The molecule has 2 aliphatic rings. The van der Waals surface area contributed by atoms with Crippen LogP contribution in [0.5, 0.6) is 0 Å². The van der Waals surface area contributed by atoms with Gasteiger partial charge in [-0.05, 0) is 26.2 Å². The van der Waals surface area contributed by atoms with E-state index in [4.69, 9.17) is 0 Å². The van der Waals surface area contributed by atoms with E-state index in [1.165, 1.54) is 70.5 Å². The van der Waals surface area contributed by atoms with Crippen molar-refractivity contribution in [3.8, 4) is 0 Å². The summed E-state index contributed by atoms with van der Waals surface area (Å²) in [6.07, 6.45) is 15.5. The molecule has 2 heterocycles. The van der Waals surface area contributed by atoms with E-state index in [2.05, 4.69) is 25.7 Å². The predicted octanol–water partition coefficient (Wildman–Crippen LogP) is 4.40. The maximum Gasteiger partial charge on any atom is 0.211 e. The van der Waals surface area contributed by atoms with E-state index in [1.54, 1.807) is 4.31 Å². The Balaban J connectivity index is 1.96. The molecule has 0 N–H and O–H groups in total. The number of piperazine rings is 1. The number of nitrogens with zero attached hydrogens (tertiary/aromatic N) is 2. The Morgan fingerprint density at radius 2 is 1.44 bits per heavy atom. The molecule has 0 aromatic rings. The van der Waals surface area contributed by atoms with E-state index >= 15 is 0 Å².